The average molecular weight is 412 g/mol. The highest BCUT2D eigenvalue weighted by Gasteiger charge is 2.40. The Balaban J connectivity index is 1.48. The second-order valence-corrected chi connectivity index (χ2v) is 7.89. The quantitative estimate of drug-likeness (QED) is 0.697. The first kappa shape index (κ1) is 18.3. The number of anilines is 1. The summed E-state index contributed by atoms with van der Waals surface area (Å²) in [6.07, 6.45) is 4.68. The van der Waals surface area contributed by atoms with E-state index in [1.807, 2.05) is 23.1 Å². The predicted molar refractivity (Wildman–Crippen MR) is 110 cm³/mol. The zero-order valence-electron chi connectivity index (χ0n) is 15.6. The van der Waals surface area contributed by atoms with Gasteiger partial charge in [0.15, 0.2) is 5.82 Å². The summed E-state index contributed by atoms with van der Waals surface area (Å²) in [6, 6.07) is 10.6. The summed E-state index contributed by atoms with van der Waals surface area (Å²) in [6.45, 7) is 1.58. The maximum atomic E-state index is 14.2. The lowest BCUT2D eigenvalue weighted by molar-refractivity contribution is -0.171. The minimum absolute atomic E-state index is 0.0394. The van der Waals surface area contributed by atoms with Crippen molar-refractivity contribution in [2.45, 2.75) is 25.2 Å². The second kappa shape index (κ2) is 7.28. The smallest absolute Gasteiger partial charge is 0.256 e. The Morgan fingerprint density at radius 1 is 1.21 bits per heavy atom. The van der Waals surface area contributed by atoms with Gasteiger partial charge in [-0.1, -0.05) is 35.9 Å². The van der Waals surface area contributed by atoms with Crippen molar-refractivity contribution in [3.8, 4) is 0 Å². The van der Waals surface area contributed by atoms with Crippen molar-refractivity contribution < 1.29 is 13.9 Å². The molecule has 1 N–H and O–H groups in total. The van der Waals surface area contributed by atoms with Gasteiger partial charge in [-0.15, -0.1) is 0 Å². The Kier molecular flexibility index (Phi) is 4.60. The van der Waals surface area contributed by atoms with E-state index in [2.05, 4.69) is 10.3 Å². The number of morpholine rings is 1. The van der Waals surface area contributed by atoms with Crippen LogP contribution in [0.1, 0.15) is 22.3 Å². The van der Waals surface area contributed by atoms with Crippen LogP contribution in [0.3, 0.4) is 0 Å². The molecule has 0 radical (unpaired) electrons. The normalized spacial score (nSPS) is 20.4. The van der Waals surface area contributed by atoms with E-state index in [9.17, 15) is 9.18 Å². The van der Waals surface area contributed by atoms with Crippen molar-refractivity contribution >= 4 is 34.0 Å². The third-order valence-corrected chi connectivity index (χ3v) is 5.86. The summed E-state index contributed by atoms with van der Waals surface area (Å²) in [7, 11) is 0. The lowest BCUT2D eigenvalue weighted by Crippen LogP contribution is -2.58. The molecule has 29 heavy (non-hydrogen) atoms. The van der Waals surface area contributed by atoms with E-state index >= 15 is 0 Å². The fourth-order valence-corrected chi connectivity index (χ4v) is 4.32. The molecule has 0 saturated carbocycles. The summed E-state index contributed by atoms with van der Waals surface area (Å²) in [5.41, 5.74) is 1.78. The lowest BCUT2D eigenvalue weighted by atomic mass is 9.96. The Morgan fingerprint density at radius 2 is 1.97 bits per heavy atom. The summed E-state index contributed by atoms with van der Waals surface area (Å²) in [4.78, 5) is 19.4. The van der Waals surface area contributed by atoms with Gasteiger partial charge in [-0.2, -0.15) is 0 Å². The number of piperidine rings is 1. The molecular formula is C22H19ClFN3O2. The van der Waals surface area contributed by atoms with Crippen LogP contribution in [0.25, 0.3) is 10.8 Å². The molecule has 0 aliphatic carbocycles. The van der Waals surface area contributed by atoms with Crippen LogP contribution in [0.4, 0.5) is 10.1 Å². The minimum atomic E-state index is -0.486. The van der Waals surface area contributed by atoms with Crippen LogP contribution in [0, 0.1) is 5.82 Å². The SMILES string of the molecule is O=C(c1cncc2cccc(CNc3cccc(Cl)c3F)c12)N1CC2CC(C1)O2. The molecule has 7 heteroatoms. The molecule has 5 nitrogen and oxygen atoms in total. The zero-order chi connectivity index (χ0) is 20.0. The number of nitrogens with one attached hydrogen (secondary N) is 1. The Labute approximate surface area is 172 Å². The molecule has 148 valence electrons. The second-order valence-electron chi connectivity index (χ2n) is 7.48. The van der Waals surface area contributed by atoms with Gasteiger partial charge in [-0.25, -0.2) is 4.39 Å². The number of benzene rings is 2. The van der Waals surface area contributed by atoms with E-state index in [-0.39, 0.29) is 23.1 Å². The monoisotopic (exact) mass is 411 g/mol. The van der Waals surface area contributed by atoms with Gasteiger partial charge in [0.2, 0.25) is 0 Å². The summed E-state index contributed by atoms with van der Waals surface area (Å²) in [5.74, 6) is -0.526. The first-order valence-corrected chi connectivity index (χ1v) is 9.96. The number of fused-ring (bicyclic) bond motifs is 3. The summed E-state index contributed by atoms with van der Waals surface area (Å²) >= 11 is 5.88. The summed E-state index contributed by atoms with van der Waals surface area (Å²) in [5, 5.41) is 4.88. The molecule has 3 aliphatic heterocycles. The third-order valence-electron chi connectivity index (χ3n) is 5.57. The topological polar surface area (TPSA) is 54.5 Å². The van der Waals surface area contributed by atoms with Crippen molar-refractivity contribution in [3.63, 3.8) is 0 Å². The lowest BCUT2D eigenvalue weighted by Gasteiger charge is -2.47. The average Bonchev–Trinajstić information content (AvgIpc) is 2.73. The number of carbonyl (C=O) groups is 1. The number of nitrogens with zero attached hydrogens (tertiary/aromatic N) is 2. The van der Waals surface area contributed by atoms with E-state index in [0.29, 0.717) is 30.9 Å². The first-order chi connectivity index (χ1) is 14.1. The highest BCUT2D eigenvalue weighted by molar-refractivity contribution is 6.31. The third kappa shape index (κ3) is 3.32. The van der Waals surface area contributed by atoms with Crippen LogP contribution in [0.2, 0.25) is 5.02 Å². The Morgan fingerprint density at radius 3 is 2.76 bits per heavy atom. The standard InChI is InChI=1S/C22H19ClFN3O2/c23-18-5-2-6-19(21(18)24)26-9-14-4-1-3-13-8-25-10-17(20(13)14)22(28)27-11-15-7-16(12-27)29-15/h1-6,8,10,15-16,26H,7,9,11-12H2. The summed E-state index contributed by atoms with van der Waals surface area (Å²) < 4.78 is 19.9. The van der Waals surface area contributed by atoms with Gasteiger partial charge in [-0.3, -0.25) is 9.78 Å². The van der Waals surface area contributed by atoms with Crippen molar-refractivity contribution in [1.29, 1.82) is 0 Å². The fraction of sp³-hybridized carbons (Fsp3) is 0.273. The number of rotatable bonds is 4. The zero-order valence-corrected chi connectivity index (χ0v) is 16.3. The molecule has 0 spiro atoms. The van der Waals surface area contributed by atoms with E-state index in [1.165, 1.54) is 6.07 Å². The van der Waals surface area contributed by atoms with Crippen LogP contribution < -0.4 is 5.32 Å². The molecular weight excluding hydrogens is 393 g/mol. The van der Waals surface area contributed by atoms with Gasteiger partial charge >= 0.3 is 0 Å². The van der Waals surface area contributed by atoms with Crippen LogP contribution in [0.15, 0.2) is 48.8 Å². The van der Waals surface area contributed by atoms with Gasteiger partial charge in [-0.05, 0) is 17.7 Å². The molecule has 2 bridgehead atoms. The maximum absolute atomic E-state index is 14.2. The highest BCUT2D eigenvalue weighted by Crippen LogP contribution is 2.31. The van der Waals surface area contributed by atoms with Gasteiger partial charge in [0.25, 0.3) is 5.91 Å². The van der Waals surface area contributed by atoms with Crippen LogP contribution in [0.5, 0.6) is 0 Å². The van der Waals surface area contributed by atoms with Crippen molar-refractivity contribution in [3.05, 3.63) is 70.8 Å². The minimum Gasteiger partial charge on any atom is -0.379 e. The predicted octanol–water partition coefficient (Wildman–Crippen LogP) is 4.25. The molecule has 3 aliphatic rings. The van der Waals surface area contributed by atoms with Crippen LogP contribution >= 0.6 is 11.6 Å². The number of carbonyl (C=O) groups excluding carboxylic acids is 1. The number of hydrogen-bond acceptors (Lipinski definition) is 4. The molecule has 1 aromatic heterocycles. The molecule has 2 atom stereocenters. The molecule has 3 aromatic rings. The molecule has 1 amide bonds. The molecule has 2 unspecified atom stereocenters. The number of hydrogen-bond donors (Lipinski definition) is 1. The largest absolute Gasteiger partial charge is 0.379 e. The molecule has 2 aromatic carbocycles. The number of ether oxygens (including phenoxy) is 1. The van der Waals surface area contributed by atoms with E-state index < -0.39 is 5.82 Å². The van der Waals surface area contributed by atoms with Gasteiger partial charge in [0.05, 0.1) is 28.5 Å². The van der Waals surface area contributed by atoms with E-state index in [1.54, 1.807) is 24.5 Å². The van der Waals surface area contributed by atoms with Crippen LogP contribution in [-0.4, -0.2) is 41.1 Å². The molecule has 6 rings (SSSR count). The Bertz CT molecular complexity index is 1090. The van der Waals surface area contributed by atoms with E-state index in [4.69, 9.17) is 16.3 Å². The van der Waals surface area contributed by atoms with Crippen molar-refractivity contribution in [1.82, 2.24) is 9.88 Å². The van der Waals surface area contributed by atoms with Crippen molar-refractivity contribution in [2.24, 2.45) is 0 Å². The van der Waals surface area contributed by atoms with Gasteiger partial charge < -0.3 is 15.0 Å². The number of aromatic nitrogens is 1. The molecule has 4 heterocycles. The first-order valence-electron chi connectivity index (χ1n) is 9.58. The fourth-order valence-electron chi connectivity index (χ4n) is 4.14. The maximum Gasteiger partial charge on any atom is 0.256 e. The highest BCUT2D eigenvalue weighted by atomic mass is 35.5. The van der Waals surface area contributed by atoms with Crippen molar-refractivity contribution in [2.75, 3.05) is 18.4 Å². The number of pyridine rings is 1. The number of halogens is 2. The van der Waals surface area contributed by atoms with Crippen LogP contribution in [-0.2, 0) is 11.3 Å². The number of amides is 1. The molecule has 3 saturated heterocycles. The van der Waals surface area contributed by atoms with Gasteiger partial charge in [0, 0.05) is 49.2 Å². The van der Waals surface area contributed by atoms with E-state index in [0.717, 1.165) is 22.8 Å². The Hall–Kier alpha value is -2.70. The molecule has 3 fully saturated rings. The van der Waals surface area contributed by atoms with Gasteiger partial charge in [0.1, 0.15) is 0 Å².